The average molecular weight is 787 g/mol. The van der Waals surface area contributed by atoms with Crippen molar-refractivity contribution in [1.29, 1.82) is 0 Å². The van der Waals surface area contributed by atoms with Crippen molar-refractivity contribution in [3.63, 3.8) is 0 Å². The number of thioether (sulfide) groups is 1. The molecule has 5 aromatic rings. The minimum Gasteiger partial charge on any atom is -0.375 e. The fraction of sp³-hybridized carbons (Fsp3) is 0.237. The maximum Gasteiger partial charge on any atom is 0.418 e. The summed E-state index contributed by atoms with van der Waals surface area (Å²) in [5.74, 6) is -3.39. The van der Waals surface area contributed by atoms with E-state index >= 15 is 4.39 Å². The van der Waals surface area contributed by atoms with Gasteiger partial charge in [0.15, 0.2) is 0 Å². The molecule has 16 heteroatoms. The number of carbonyl (C=O) groups excluding carboxylic acids is 2. The van der Waals surface area contributed by atoms with Crippen LogP contribution in [-0.2, 0) is 38.6 Å². The van der Waals surface area contributed by atoms with E-state index in [0.717, 1.165) is 48.5 Å². The van der Waals surface area contributed by atoms with Crippen molar-refractivity contribution in [2.24, 2.45) is 0 Å². The highest BCUT2D eigenvalue weighted by Crippen LogP contribution is 2.39. The van der Waals surface area contributed by atoms with Crippen LogP contribution in [0.25, 0.3) is 16.8 Å². The molecule has 0 saturated heterocycles. The molecule has 54 heavy (non-hydrogen) atoms. The third kappa shape index (κ3) is 9.00. The van der Waals surface area contributed by atoms with Gasteiger partial charge in [0, 0.05) is 30.3 Å². The normalized spacial score (nSPS) is 11.8. The van der Waals surface area contributed by atoms with Crippen LogP contribution in [0.2, 0.25) is 0 Å². The largest absolute Gasteiger partial charge is 0.418 e. The standard InChI is InChI=1S/C38H35F5N4O5S2/c1-4-5-13-32-28(37(53-3)47(45-32)33-21-25(44-35(48)22-52-2)17-18-29(33)38(41,42)43)19-24-16-15-23(20-31(24)40)26-10-7-9-14-34(26)54(50,51)46-36(49)27-11-6-8-12-30(27)39/h6-12,14-18,20-21H,4-5,13,19,22H2,1-3H3,(H,44,48)(H,46,49). The maximum absolute atomic E-state index is 16.0. The molecule has 284 valence electrons. The lowest BCUT2D eigenvalue weighted by atomic mass is 9.99. The summed E-state index contributed by atoms with van der Waals surface area (Å²) in [5, 5.41) is 7.46. The summed E-state index contributed by atoms with van der Waals surface area (Å²) in [4.78, 5) is 24.5. The van der Waals surface area contributed by atoms with E-state index in [9.17, 15) is 35.6 Å². The molecule has 1 aromatic heterocycles. The van der Waals surface area contributed by atoms with Gasteiger partial charge in [0.2, 0.25) is 5.91 Å². The van der Waals surface area contributed by atoms with Crippen molar-refractivity contribution in [2.75, 3.05) is 25.3 Å². The Morgan fingerprint density at radius 1 is 0.944 bits per heavy atom. The van der Waals surface area contributed by atoms with Crippen LogP contribution in [0.1, 0.15) is 52.5 Å². The van der Waals surface area contributed by atoms with Crippen LogP contribution in [0, 0.1) is 11.6 Å². The van der Waals surface area contributed by atoms with E-state index < -0.39 is 50.8 Å². The molecular formula is C38H35F5N4O5S2. The number of unbranched alkanes of at least 4 members (excludes halogenated alkanes) is 1. The quantitative estimate of drug-likeness (QED) is 0.0861. The number of aryl methyl sites for hydroxylation is 1. The van der Waals surface area contributed by atoms with Crippen LogP contribution in [0.5, 0.6) is 0 Å². The van der Waals surface area contributed by atoms with Crippen molar-refractivity contribution >= 4 is 39.3 Å². The number of rotatable bonds is 14. The number of hydrogen-bond acceptors (Lipinski definition) is 7. The number of alkyl halides is 3. The molecular weight excluding hydrogens is 752 g/mol. The lowest BCUT2D eigenvalue weighted by molar-refractivity contribution is -0.137. The first kappa shape index (κ1) is 40.1. The Kier molecular flexibility index (Phi) is 12.6. The van der Waals surface area contributed by atoms with E-state index in [1.165, 1.54) is 66.4 Å². The fourth-order valence-electron chi connectivity index (χ4n) is 5.79. The summed E-state index contributed by atoms with van der Waals surface area (Å²) in [5.41, 5.74) is -0.353. The van der Waals surface area contributed by atoms with Gasteiger partial charge in [-0.25, -0.2) is 26.6 Å². The van der Waals surface area contributed by atoms with Crippen LogP contribution in [-0.4, -0.2) is 50.0 Å². The van der Waals surface area contributed by atoms with Gasteiger partial charge >= 0.3 is 6.18 Å². The Labute approximate surface area is 313 Å². The number of amides is 2. The van der Waals surface area contributed by atoms with Gasteiger partial charge in [-0.2, -0.15) is 18.3 Å². The molecule has 0 aliphatic rings. The number of aromatic nitrogens is 2. The predicted octanol–water partition coefficient (Wildman–Crippen LogP) is 8.20. The van der Waals surface area contributed by atoms with Gasteiger partial charge in [-0.05, 0) is 72.7 Å². The van der Waals surface area contributed by atoms with Crippen molar-refractivity contribution < 1.29 is 44.7 Å². The molecule has 0 unspecified atom stereocenters. The molecule has 9 nitrogen and oxygen atoms in total. The Bertz CT molecular complexity index is 2290. The monoisotopic (exact) mass is 786 g/mol. The SMILES string of the molecule is CCCCc1nn(-c2cc(NC(=O)COC)ccc2C(F)(F)F)c(SC)c1Cc1ccc(-c2ccccc2S(=O)(=O)NC(=O)c2ccccc2F)cc1F. The van der Waals surface area contributed by atoms with E-state index in [1.807, 2.05) is 11.6 Å². The highest BCUT2D eigenvalue weighted by atomic mass is 32.2. The molecule has 2 N–H and O–H groups in total. The van der Waals surface area contributed by atoms with Gasteiger partial charge in [-0.1, -0.05) is 55.8 Å². The Morgan fingerprint density at radius 3 is 2.33 bits per heavy atom. The van der Waals surface area contributed by atoms with Gasteiger partial charge < -0.3 is 10.1 Å². The fourth-order valence-corrected chi connectivity index (χ4v) is 7.74. The number of sulfonamides is 1. The zero-order valence-electron chi connectivity index (χ0n) is 29.3. The molecule has 2 amide bonds. The van der Waals surface area contributed by atoms with E-state index in [1.54, 1.807) is 6.26 Å². The van der Waals surface area contributed by atoms with Crippen molar-refractivity contribution in [3.8, 4) is 16.8 Å². The van der Waals surface area contributed by atoms with Gasteiger partial charge in [-0.3, -0.25) is 9.59 Å². The second kappa shape index (κ2) is 17.0. The first-order valence-electron chi connectivity index (χ1n) is 16.5. The molecule has 0 fully saturated rings. The highest BCUT2D eigenvalue weighted by molar-refractivity contribution is 7.98. The molecule has 4 aromatic carbocycles. The number of carbonyl (C=O) groups is 2. The third-order valence-electron chi connectivity index (χ3n) is 8.32. The summed E-state index contributed by atoms with van der Waals surface area (Å²) >= 11 is 1.13. The Balaban J connectivity index is 1.53. The van der Waals surface area contributed by atoms with E-state index in [2.05, 4.69) is 10.4 Å². The lowest BCUT2D eigenvalue weighted by Gasteiger charge is -2.17. The number of anilines is 1. The molecule has 0 spiro atoms. The summed E-state index contributed by atoms with van der Waals surface area (Å²) in [7, 11) is -3.25. The molecule has 0 saturated carbocycles. The van der Waals surface area contributed by atoms with Crippen LogP contribution < -0.4 is 10.0 Å². The molecule has 0 radical (unpaired) electrons. The number of benzene rings is 4. The topological polar surface area (TPSA) is 119 Å². The van der Waals surface area contributed by atoms with Crippen LogP contribution in [0.15, 0.2) is 94.9 Å². The smallest absolute Gasteiger partial charge is 0.375 e. The summed E-state index contributed by atoms with van der Waals surface area (Å²) in [6.07, 6.45) is -1.38. The minimum atomic E-state index is -4.78. The molecule has 0 aliphatic heterocycles. The number of hydrogen-bond donors (Lipinski definition) is 2. The zero-order valence-corrected chi connectivity index (χ0v) is 30.9. The molecule has 1 heterocycles. The van der Waals surface area contributed by atoms with E-state index in [4.69, 9.17) is 4.74 Å². The first-order valence-corrected chi connectivity index (χ1v) is 19.2. The summed E-state index contributed by atoms with van der Waals surface area (Å²) in [6, 6.07) is 17.7. The zero-order chi connectivity index (χ0) is 39.2. The lowest BCUT2D eigenvalue weighted by Crippen LogP contribution is -2.31. The van der Waals surface area contributed by atoms with Crippen LogP contribution in [0.3, 0.4) is 0 Å². The van der Waals surface area contributed by atoms with Gasteiger partial charge in [0.1, 0.15) is 23.3 Å². The Hall–Kier alpha value is -5.06. The third-order valence-corrected chi connectivity index (χ3v) is 10.5. The molecule has 0 atom stereocenters. The molecule has 0 bridgehead atoms. The number of halogens is 5. The average Bonchev–Trinajstić information content (AvgIpc) is 3.47. The van der Waals surface area contributed by atoms with Crippen molar-refractivity contribution in [2.45, 2.75) is 48.7 Å². The number of nitrogens with zero attached hydrogens (tertiary/aromatic N) is 2. The van der Waals surface area contributed by atoms with E-state index in [0.29, 0.717) is 29.1 Å². The van der Waals surface area contributed by atoms with E-state index in [-0.39, 0.29) is 46.0 Å². The minimum absolute atomic E-state index is 0.0639. The number of nitrogens with one attached hydrogen (secondary N) is 2. The second-order valence-corrected chi connectivity index (χ2v) is 14.5. The number of methoxy groups -OCH3 is 1. The first-order chi connectivity index (χ1) is 25.7. The highest BCUT2D eigenvalue weighted by Gasteiger charge is 2.36. The van der Waals surface area contributed by atoms with Crippen LogP contribution >= 0.6 is 11.8 Å². The van der Waals surface area contributed by atoms with Gasteiger partial charge in [-0.15, -0.1) is 11.8 Å². The van der Waals surface area contributed by atoms with Gasteiger partial charge in [0.05, 0.1) is 27.4 Å². The van der Waals surface area contributed by atoms with Crippen molar-refractivity contribution in [3.05, 3.63) is 125 Å². The van der Waals surface area contributed by atoms with Crippen LogP contribution in [0.4, 0.5) is 27.6 Å². The van der Waals surface area contributed by atoms with Crippen molar-refractivity contribution in [1.82, 2.24) is 14.5 Å². The molecule has 0 aliphatic carbocycles. The van der Waals surface area contributed by atoms with Gasteiger partial charge in [0.25, 0.3) is 15.9 Å². The predicted molar refractivity (Wildman–Crippen MR) is 195 cm³/mol. The second-order valence-electron chi connectivity index (χ2n) is 12.1. The Morgan fingerprint density at radius 2 is 1.67 bits per heavy atom. The maximum atomic E-state index is 16.0. The number of ether oxygens (including phenoxy) is 1. The summed E-state index contributed by atoms with van der Waals surface area (Å²) in [6.45, 7) is 1.64. The summed E-state index contributed by atoms with van der Waals surface area (Å²) < 4.78 is 108. The molecule has 5 rings (SSSR count).